The summed E-state index contributed by atoms with van der Waals surface area (Å²) in [5, 5.41) is 18.2. The smallest absolute Gasteiger partial charge is 0.286 e. The van der Waals surface area contributed by atoms with Crippen LogP contribution in [0.2, 0.25) is 0 Å². The number of benzene rings is 1. The van der Waals surface area contributed by atoms with Crippen LogP contribution >= 0.6 is 12.2 Å². The van der Waals surface area contributed by atoms with E-state index in [4.69, 9.17) is 18.6 Å². The number of hydrogen-bond donors (Lipinski definition) is 1. The van der Waals surface area contributed by atoms with E-state index in [1.54, 1.807) is 31.2 Å². The summed E-state index contributed by atoms with van der Waals surface area (Å²) < 4.78 is 3.06. The molecule has 0 saturated carbocycles. The molecule has 0 fully saturated rings. The largest absolute Gasteiger partial charge is 0.493 e. The van der Waals surface area contributed by atoms with Crippen molar-refractivity contribution < 1.29 is 5.11 Å². The molecule has 2 aromatic rings. The maximum Gasteiger partial charge on any atom is 0.286 e. The third kappa shape index (κ3) is 3.22. The van der Waals surface area contributed by atoms with E-state index < -0.39 is 5.56 Å². The van der Waals surface area contributed by atoms with E-state index >= 15 is 0 Å². The molecule has 0 atom stereocenters. The molecule has 0 spiro atoms. The molecule has 7 heteroatoms. The van der Waals surface area contributed by atoms with E-state index in [0.29, 0.717) is 24.3 Å². The molecule has 1 heterocycles. The summed E-state index contributed by atoms with van der Waals surface area (Å²) in [5.74, 6) is 2.21. The van der Waals surface area contributed by atoms with Gasteiger partial charge in [-0.25, -0.2) is 0 Å². The topological polar surface area (TPSA) is 71.9 Å². The van der Waals surface area contributed by atoms with Crippen molar-refractivity contribution in [2.24, 2.45) is 10.2 Å². The van der Waals surface area contributed by atoms with Gasteiger partial charge in [0.05, 0.1) is 5.69 Å². The summed E-state index contributed by atoms with van der Waals surface area (Å²) in [6, 6.07) is 6.87. The lowest BCUT2D eigenvalue weighted by molar-refractivity contribution is 0.402. The number of nitrogens with zero attached hydrogens (tertiary/aromatic N) is 4. The van der Waals surface area contributed by atoms with Crippen LogP contribution in [0.25, 0.3) is 0 Å². The molecule has 0 aliphatic heterocycles. The van der Waals surface area contributed by atoms with Crippen LogP contribution in [0.4, 0.5) is 11.4 Å². The number of rotatable bonds is 4. The van der Waals surface area contributed by atoms with Crippen LogP contribution in [0.1, 0.15) is 19.4 Å². The van der Waals surface area contributed by atoms with Crippen LogP contribution in [0, 0.1) is 17.1 Å². The first kappa shape index (κ1) is 16.6. The fraction of sp³-hybridized carbons (Fsp3) is 0.250. The van der Waals surface area contributed by atoms with Gasteiger partial charge < -0.3 is 5.11 Å². The normalized spacial score (nSPS) is 10.8. The first-order valence-electron chi connectivity index (χ1n) is 7.08. The molecule has 0 aliphatic rings. The summed E-state index contributed by atoms with van der Waals surface area (Å²) in [4.78, 5) is 12.4. The fourth-order valence-electron chi connectivity index (χ4n) is 2.09. The number of azo groups is 1. The van der Waals surface area contributed by atoms with Gasteiger partial charge in [-0.1, -0.05) is 12.0 Å². The number of aromatic nitrogens is 2. The highest BCUT2D eigenvalue weighted by Crippen LogP contribution is 2.25. The van der Waals surface area contributed by atoms with Gasteiger partial charge in [-0.2, -0.15) is 5.11 Å². The minimum absolute atomic E-state index is 0.145. The van der Waals surface area contributed by atoms with Crippen LogP contribution in [-0.4, -0.2) is 14.2 Å². The molecule has 0 amide bonds. The third-order valence-corrected chi connectivity index (χ3v) is 3.73. The second-order valence-corrected chi connectivity index (χ2v) is 5.01. The standard InChI is InChI=1S/C16H16N4O2S/c1-4-11-8-7-9-12(10-11)17-18-13-14(21)19(5-2)16(23)20(6-3)15(13)22/h1,7-10,21H,5-6H2,2-3H3/b18-17+. The number of terminal acetylenes is 1. The molecule has 23 heavy (non-hydrogen) atoms. The lowest BCUT2D eigenvalue weighted by Gasteiger charge is -2.12. The summed E-state index contributed by atoms with van der Waals surface area (Å²) in [7, 11) is 0. The van der Waals surface area contributed by atoms with Crippen molar-refractivity contribution in [1.82, 2.24) is 9.13 Å². The van der Waals surface area contributed by atoms with Crippen molar-refractivity contribution >= 4 is 23.6 Å². The van der Waals surface area contributed by atoms with Crippen molar-refractivity contribution in [3.8, 4) is 18.2 Å². The van der Waals surface area contributed by atoms with Crippen LogP contribution in [0.5, 0.6) is 5.88 Å². The first-order valence-corrected chi connectivity index (χ1v) is 7.49. The Labute approximate surface area is 138 Å². The minimum Gasteiger partial charge on any atom is -0.493 e. The van der Waals surface area contributed by atoms with E-state index in [-0.39, 0.29) is 16.3 Å². The SMILES string of the molecule is C#Cc1cccc(/N=N/c2c(O)n(CC)c(=S)n(CC)c2=O)c1. The monoisotopic (exact) mass is 328 g/mol. The molecule has 1 aromatic heterocycles. The fourth-order valence-corrected chi connectivity index (χ4v) is 2.52. The lowest BCUT2D eigenvalue weighted by Crippen LogP contribution is -2.24. The van der Waals surface area contributed by atoms with Crippen LogP contribution in [0.3, 0.4) is 0 Å². The molecular weight excluding hydrogens is 312 g/mol. The van der Waals surface area contributed by atoms with Gasteiger partial charge in [0, 0.05) is 18.7 Å². The van der Waals surface area contributed by atoms with Crippen molar-refractivity contribution in [3.05, 3.63) is 45.0 Å². The van der Waals surface area contributed by atoms with E-state index in [1.165, 1.54) is 9.13 Å². The Hall–Kier alpha value is -2.72. The summed E-state index contributed by atoms with van der Waals surface area (Å²) >= 11 is 5.21. The Balaban J connectivity index is 2.60. The van der Waals surface area contributed by atoms with Gasteiger partial charge in [-0.3, -0.25) is 13.9 Å². The Bertz CT molecular complexity index is 919. The zero-order valence-corrected chi connectivity index (χ0v) is 13.7. The van der Waals surface area contributed by atoms with Crippen molar-refractivity contribution in [3.63, 3.8) is 0 Å². The van der Waals surface area contributed by atoms with Gasteiger partial charge >= 0.3 is 0 Å². The zero-order valence-electron chi connectivity index (χ0n) is 12.9. The van der Waals surface area contributed by atoms with Gasteiger partial charge in [0.2, 0.25) is 11.6 Å². The van der Waals surface area contributed by atoms with Crippen molar-refractivity contribution in [2.45, 2.75) is 26.9 Å². The highest BCUT2D eigenvalue weighted by molar-refractivity contribution is 7.71. The van der Waals surface area contributed by atoms with Crippen molar-refractivity contribution in [2.75, 3.05) is 0 Å². The van der Waals surface area contributed by atoms with Crippen LogP contribution < -0.4 is 5.56 Å². The molecule has 0 unspecified atom stereocenters. The number of hydrogen-bond acceptors (Lipinski definition) is 5. The van der Waals surface area contributed by atoms with Gasteiger partial charge in [-0.05, 0) is 44.3 Å². The van der Waals surface area contributed by atoms with Crippen LogP contribution in [0.15, 0.2) is 39.3 Å². The first-order chi connectivity index (χ1) is 11.0. The molecule has 2 rings (SSSR count). The summed E-state index contributed by atoms with van der Waals surface area (Å²) in [6.07, 6.45) is 5.34. The molecule has 0 bridgehead atoms. The Morgan fingerprint density at radius 3 is 2.57 bits per heavy atom. The Morgan fingerprint density at radius 1 is 1.26 bits per heavy atom. The minimum atomic E-state index is -0.475. The maximum absolute atomic E-state index is 12.4. The second-order valence-electron chi connectivity index (χ2n) is 4.64. The second kappa shape index (κ2) is 7.03. The highest BCUT2D eigenvalue weighted by atomic mass is 32.1. The highest BCUT2D eigenvalue weighted by Gasteiger charge is 2.15. The van der Waals surface area contributed by atoms with E-state index in [2.05, 4.69) is 16.1 Å². The average Bonchev–Trinajstić information content (AvgIpc) is 2.55. The summed E-state index contributed by atoms with van der Waals surface area (Å²) in [6.45, 7) is 4.41. The Kier molecular flexibility index (Phi) is 5.09. The lowest BCUT2D eigenvalue weighted by atomic mass is 10.2. The number of aromatic hydroxyl groups is 1. The van der Waals surface area contributed by atoms with Crippen molar-refractivity contribution in [1.29, 1.82) is 0 Å². The molecule has 6 nitrogen and oxygen atoms in total. The molecule has 0 aliphatic carbocycles. The third-order valence-electron chi connectivity index (χ3n) is 3.29. The molecule has 1 aromatic carbocycles. The Morgan fingerprint density at radius 2 is 1.96 bits per heavy atom. The maximum atomic E-state index is 12.4. The zero-order chi connectivity index (χ0) is 17.0. The quantitative estimate of drug-likeness (QED) is 0.530. The molecule has 1 N–H and O–H groups in total. The van der Waals surface area contributed by atoms with E-state index in [9.17, 15) is 9.90 Å². The van der Waals surface area contributed by atoms with Gasteiger partial charge in [0.25, 0.3) is 5.56 Å². The molecule has 0 radical (unpaired) electrons. The molecular formula is C16H16N4O2S. The molecule has 118 valence electrons. The van der Waals surface area contributed by atoms with Gasteiger partial charge in [0.1, 0.15) is 0 Å². The predicted octanol–water partition coefficient (Wildman–Crippen LogP) is 3.52. The van der Waals surface area contributed by atoms with E-state index in [1.807, 2.05) is 6.92 Å². The predicted molar refractivity (Wildman–Crippen MR) is 91.1 cm³/mol. The molecule has 0 saturated heterocycles. The van der Waals surface area contributed by atoms with E-state index in [0.717, 1.165) is 0 Å². The van der Waals surface area contributed by atoms with Gasteiger partial charge in [0.15, 0.2) is 4.77 Å². The average molecular weight is 328 g/mol. The van der Waals surface area contributed by atoms with Crippen LogP contribution in [-0.2, 0) is 13.1 Å². The van der Waals surface area contributed by atoms with Gasteiger partial charge in [-0.15, -0.1) is 11.5 Å². The summed E-state index contributed by atoms with van der Waals surface area (Å²) in [5.41, 5.74) is 0.527.